The molecule has 2 amide bonds. The fourth-order valence-corrected chi connectivity index (χ4v) is 5.49. The number of carbonyl (C=O) groups is 2. The normalized spacial score (nSPS) is 13.7. The maximum absolute atomic E-state index is 14.0. The number of hydrogen-bond acceptors (Lipinski definition) is 4. The van der Waals surface area contributed by atoms with Crippen molar-refractivity contribution in [3.63, 3.8) is 0 Å². The van der Waals surface area contributed by atoms with E-state index in [1.165, 1.54) is 12.0 Å². The number of amides is 2. The summed E-state index contributed by atoms with van der Waals surface area (Å²) in [7, 11) is 0. The second-order valence-electron chi connectivity index (χ2n) is 10.8. The molecule has 0 radical (unpaired) electrons. The lowest BCUT2D eigenvalue weighted by atomic mass is 9.94. The molecule has 3 aromatic rings. The maximum atomic E-state index is 14.0. The van der Waals surface area contributed by atoms with Crippen LogP contribution in [0.3, 0.4) is 0 Å². The molecule has 1 aliphatic rings. The maximum Gasteiger partial charge on any atom is 0.249 e. The average Bonchev–Trinajstić information content (AvgIpc) is 3.45. The minimum atomic E-state index is -0.165. The Morgan fingerprint density at radius 3 is 2.27 bits per heavy atom. The van der Waals surface area contributed by atoms with E-state index in [1.54, 1.807) is 4.90 Å². The van der Waals surface area contributed by atoms with Crippen molar-refractivity contribution in [1.29, 1.82) is 0 Å². The number of hydrogen-bond donors (Lipinski definition) is 0. The first kappa shape index (κ1) is 30.5. The van der Waals surface area contributed by atoms with Crippen molar-refractivity contribution in [2.75, 3.05) is 32.9 Å². The minimum Gasteiger partial charge on any atom is -0.382 e. The molecular weight excluding hydrogens is 514 g/mol. The molecule has 1 heterocycles. The van der Waals surface area contributed by atoms with Crippen molar-refractivity contribution in [3.8, 4) is 0 Å². The van der Waals surface area contributed by atoms with Crippen LogP contribution in [-0.2, 0) is 38.8 Å². The third-order valence-electron chi connectivity index (χ3n) is 7.72. The molecule has 0 bridgehead atoms. The molecule has 7 nitrogen and oxygen atoms in total. The van der Waals surface area contributed by atoms with E-state index in [4.69, 9.17) is 9.47 Å². The number of aromatic nitrogens is 1. The van der Waals surface area contributed by atoms with Gasteiger partial charge in [-0.25, -0.2) is 0 Å². The summed E-state index contributed by atoms with van der Waals surface area (Å²) in [6.45, 7) is 5.26. The second kappa shape index (κ2) is 16.7. The van der Waals surface area contributed by atoms with E-state index in [-0.39, 0.29) is 31.0 Å². The lowest BCUT2D eigenvalue weighted by molar-refractivity contribution is -0.145. The fourth-order valence-electron chi connectivity index (χ4n) is 5.49. The molecule has 0 N–H and O–H groups in total. The van der Waals surface area contributed by atoms with Gasteiger partial charge in [-0.1, -0.05) is 79.9 Å². The van der Waals surface area contributed by atoms with Gasteiger partial charge in [0, 0.05) is 44.2 Å². The second-order valence-corrected chi connectivity index (χ2v) is 10.8. The highest BCUT2D eigenvalue weighted by molar-refractivity contribution is 5.85. The van der Waals surface area contributed by atoms with Gasteiger partial charge in [0.05, 0.1) is 19.7 Å². The van der Waals surface area contributed by atoms with Crippen molar-refractivity contribution in [2.45, 2.75) is 71.2 Å². The molecule has 0 spiro atoms. The zero-order valence-electron chi connectivity index (χ0n) is 24.5. The van der Waals surface area contributed by atoms with Gasteiger partial charge < -0.3 is 23.8 Å². The van der Waals surface area contributed by atoms with Gasteiger partial charge in [-0.3, -0.25) is 9.59 Å². The molecular formula is C34H45N3O4. The molecule has 220 valence electrons. The highest BCUT2D eigenvalue weighted by Crippen LogP contribution is 2.25. The molecule has 1 saturated carbocycles. The zero-order chi connectivity index (χ0) is 28.7. The quantitative estimate of drug-likeness (QED) is 0.212. The summed E-state index contributed by atoms with van der Waals surface area (Å²) in [5.41, 5.74) is 3.34. The molecule has 0 unspecified atom stereocenters. The predicted octanol–water partition coefficient (Wildman–Crippen LogP) is 5.67. The summed E-state index contributed by atoms with van der Waals surface area (Å²) in [6, 6.07) is 24.5. The van der Waals surface area contributed by atoms with Crippen LogP contribution < -0.4 is 0 Å². The number of carbonyl (C=O) groups excluding carboxylic acids is 2. The highest BCUT2D eigenvalue weighted by Gasteiger charge is 2.29. The van der Waals surface area contributed by atoms with Gasteiger partial charge >= 0.3 is 0 Å². The van der Waals surface area contributed by atoms with E-state index in [2.05, 4.69) is 47.2 Å². The van der Waals surface area contributed by atoms with Crippen molar-refractivity contribution in [1.82, 2.24) is 14.4 Å². The molecule has 0 saturated heterocycles. The largest absolute Gasteiger partial charge is 0.382 e. The molecule has 2 aromatic carbocycles. The summed E-state index contributed by atoms with van der Waals surface area (Å²) in [6.07, 6.45) is 8.24. The van der Waals surface area contributed by atoms with Gasteiger partial charge in [0.2, 0.25) is 11.8 Å². The van der Waals surface area contributed by atoms with Crippen molar-refractivity contribution >= 4 is 11.8 Å². The first-order valence-corrected chi connectivity index (χ1v) is 15.1. The molecule has 0 atom stereocenters. The van der Waals surface area contributed by atoms with E-state index in [1.807, 2.05) is 48.2 Å². The first-order valence-electron chi connectivity index (χ1n) is 15.1. The Bertz CT molecular complexity index is 1170. The van der Waals surface area contributed by atoms with E-state index >= 15 is 0 Å². The van der Waals surface area contributed by atoms with Crippen molar-refractivity contribution in [2.24, 2.45) is 0 Å². The standard InChI is InChI=1S/C34H45N3O4/c1-2-40-23-13-22-36(34(39)28-41-27-30-16-8-4-9-17-30)26-33(38)37(31-18-10-5-11-19-31)25-32-20-12-21-35(32)24-29-14-6-3-7-15-29/h3-4,6-9,12,14-17,20-21,31H,2,5,10-11,13,18-19,22-28H2,1H3. The number of nitrogens with zero attached hydrogens (tertiary/aromatic N) is 3. The molecule has 4 rings (SSSR count). The number of ether oxygens (including phenoxy) is 2. The lowest BCUT2D eigenvalue weighted by Crippen LogP contribution is -2.48. The molecule has 41 heavy (non-hydrogen) atoms. The van der Waals surface area contributed by atoms with Gasteiger partial charge in [0.1, 0.15) is 6.61 Å². The van der Waals surface area contributed by atoms with Crippen LogP contribution in [0.5, 0.6) is 0 Å². The Morgan fingerprint density at radius 1 is 0.854 bits per heavy atom. The number of benzene rings is 2. The zero-order valence-corrected chi connectivity index (χ0v) is 24.5. The van der Waals surface area contributed by atoms with Crippen LogP contribution in [0.4, 0.5) is 0 Å². The Kier molecular flexibility index (Phi) is 12.5. The van der Waals surface area contributed by atoms with E-state index in [9.17, 15) is 9.59 Å². The smallest absolute Gasteiger partial charge is 0.249 e. The summed E-state index contributed by atoms with van der Waals surface area (Å²) in [4.78, 5) is 31.0. The molecule has 7 heteroatoms. The van der Waals surface area contributed by atoms with Gasteiger partial charge in [-0.15, -0.1) is 0 Å². The monoisotopic (exact) mass is 559 g/mol. The van der Waals surface area contributed by atoms with Gasteiger partial charge in [0.25, 0.3) is 0 Å². The van der Waals surface area contributed by atoms with Crippen molar-refractivity contribution in [3.05, 3.63) is 95.8 Å². The predicted molar refractivity (Wildman–Crippen MR) is 161 cm³/mol. The summed E-state index contributed by atoms with van der Waals surface area (Å²) < 4.78 is 13.5. The summed E-state index contributed by atoms with van der Waals surface area (Å²) in [5.74, 6) is -0.168. The Labute approximate surface area is 245 Å². The molecule has 1 aliphatic carbocycles. The van der Waals surface area contributed by atoms with E-state index in [0.29, 0.717) is 39.3 Å². The van der Waals surface area contributed by atoms with Crippen LogP contribution in [0, 0.1) is 0 Å². The van der Waals surface area contributed by atoms with Gasteiger partial charge in [-0.05, 0) is 49.4 Å². The van der Waals surface area contributed by atoms with Crippen LogP contribution in [0.2, 0.25) is 0 Å². The highest BCUT2D eigenvalue weighted by atomic mass is 16.5. The van der Waals surface area contributed by atoms with Crippen LogP contribution in [0.15, 0.2) is 79.0 Å². The van der Waals surface area contributed by atoms with Crippen LogP contribution >= 0.6 is 0 Å². The van der Waals surface area contributed by atoms with Gasteiger partial charge in [-0.2, -0.15) is 0 Å². The topological polar surface area (TPSA) is 64.0 Å². The van der Waals surface area contributed by atoms with E-state index in [0.717, 1.165) is 43.5 Å². The van der Waals surface area contributed by atoms with Gasteiger partial charge in [0.15, 0.2) is 0 Å². The van der Waals surface area contributed by atoms with Crippen LogP contribution in [-0.4, -0.2) is 65.1 Å². The third kappa shape index (κ3) is 9.87. The summed E-state index contributed by atoms with van der Waals surface area (Å²) >= 11 is 0. The SMILES string of the molecule is CCOCCCN(CC(=O)N(Cc1cccn1Cc1ccccc1)C1CCCCC1)C(=O)COCc1ccccc1. The third-order valence-corrected chi connectivity index (χ3v) is 7.72. The molecule has 1 aromatic heterocycles. The molecule has 0 aliphatic heterocycles. The van der Waals surface area contributed by atoms with Crippen molar-refractivity contribution < 1.29 is 19.1 Å². The van der Waals surface area contributed by atoms with Crippen LogP contribution in [0.1, 0.15) is 62.3 Å². The Balaban J connectivity index is 1.44. The van der Waals surface area contributed by atoms with E-state index < -0.39 is 0 Å². The molecule has 1 fully saturated rings. The first-order chi connectivity index (χ1) is 20.1. The van der Waals surface area contributed by atoms with Crippen LogP contribution in [0.25, 0.3) is 0 Å². The summed E-state index contributed by atoms with van der Waals surface area (Å²) in [5, 5.41) is 0. The number of rotatable bonds is 16. The fraction of sp³-hybridized carbons (Fsp3) is 0.471. The lowest BCUT2D eigenvalue weighted by Gasteiger charge is -2.36. The Hall–Kier alpha value is -3.42. The Morgan fingerprint density at radius 2 is 1.56 bits per heavy atom. The average molecular weight is 560 g/mol. The minimum absolute atomic E-state index is 0.00261.